The second-order valence-electron chi connectivity index (χ2n) is 10.5. The number of benzene rings is 3. The van der Waals surface area contributed by atoms with Gasteiger partial charge in [0.1, 0.15) is 11.6 Å². The number of methoxy groups -OCH3 is 1. The van der Waals surface area contributed by atoms with Crippen molar-refractivity contribution < 1.29 is 18.7 Å². The first-order chi connectivity index (χ1) is 20.4. The lowest BCUT2D eigenvalue weighted by Crippen LogP contribution is -2.35. The van der Waals surface area contributed by atoms with Crippen LogP contribution in [0.1, 0.15) is 34.3 Å². The smallest absolute Gasteiger partial charge is 0.323 e. The van der Waals surface area contributed by atoms with Gasteiger partial charge in [0.2, 0.25) is 5.91 Å². The summed E-state index contributed by atoms with van der Waals surface area (Å²) >= 11 is 0. The first-order valence-electron chi connectivity index (χ1n) is 14.0. The number of halogens is 1. The molecule has 0 saturated carbocycles. The summed E-state index contributed by atoms with van der Waals surface area (Å²) in [6.07, 6.45) is 4.50. The Morgan fingerprint density at radius 1 is 1.00 bits per heavy atom. The van der Waals surface area contributed by atoms with Gasteiger partial charge in [-0.05, 0) is 92.4 Å². The fourth-order valence-corrected chi connectivity index (χ4v) is 5.42. The number of likely N-dealkylation sites (tertiary alicyclic amines) is 1. The largest absolute Gasteiger partial charge is 0.497 e. The molecule has 1 aliphatic heterocycles. The van der Waals surface area contributed by atoms with Crippen molar-refractivity contribution in [1.82, 2.24) is 9.88 Å². The van der Waals surface area contributed by atoms with Crippen LogP contribution in [-0.4, -0.2) is 42.0 Å². The molecule has 4 aromatic rings. The maximum atomic E-state index is 13.3. The third-order valence-electron chi connectivity index (χ3n) is 7.61. The molecule has 216 valence electrons. The highest BCUT2D eigenvalue weighted by Gasteiger charge is 2.25. The highest BCUT2D eigenvalue weighted by atomic mass is 19.1. The zero-order valence-corrected chi connectivity index (χ0v) is 23.5. The fraction of sp³-hybridized carbons (Fsp3) is 0.242. The van der Waals surface area contributed by atoms with E-state index in [0.29, 0.717) is 52.0 Å². The summed E-state index contributed by atoms with van der Waals surface area (Å²) < 4.78 is 18.6. The van der Waals surface area contributed by atoms with Crippen LogP contribution in [-0.2, 0) is 13.0 Å². The van der Waals surface area contributed by atoms with E-state index in [1.54, 1.807) is 49.7 Å². The normalized spacial score (nSPS) is 13.9. The molecule has 0 radical (unpaired) electrons. The van der Waals surface area contributed by atoms with Crippen LogP contribution >= 0.6 is 0 Å². The molecule has 4 N–H and O–H groups in total. The number of anilines is 2. The van der Waals surface area contributed by atoms with E-state index >= 15 is 0 Å². The Morgan fingerprint density at radius 2 is 1.79 bits per heavy atom. The highest BCUT2D eigenvalue weighted by Crippen LogP contribution is 2.34. The molecule has 0 bridgehead atoms. The van der Waals surface area contributed by atoms with Gasteiger partial charge in [0.05, 0.1) is 18.5 Å². The maximum Gasteiger partial charge on any atom is 0.323 e. The lowest BCUT2D eigenvalue weighted by molar-refractivity contribution is 0.0997. The fourth-order valence-electron chi connectivity index (χ4n) is 5.42. The van der Waals surface area contributed by atoms with Crippen molar-refractivity contribution in [3.8, 4) is 17.0 Å². The zero-order valence-electron chi connectivity index (χ0n) is 23.5. The van der Waals surface area contributed by atoms with Crippen LogP contribution in [0, 0.1) is 11.7 Å². The molecule has 5 rings (SSSR count). The van der Waals surface area contributed by atoms with E-state index in [1.807, 2.05) is 30.3 Å². The topological polar surface area (TPSA) is 110 Å². The summed E-state index contributed by atoms with van der Waals surface area (Å²) in [7, 11) is 1.56. The van der Waals surface area contributed by atoms with Gasteiger partial charge in [0.15, 0.2) is 0 Å². The van der Waals surface area contributed by atoms with Crippen molar-refractivity contribution in [1.29, 1.82) is 0 Å². The van der Waals surface area contributed by atoms with Gasteiger partial charge in [-0.15, -0.1) is 0 Å². The molecule has 8 nitrogen and oxygen atoms in total. The third kappa shape index (κ3) is 7.11. The molecule has 0 spiro atoms. The van der Waals surface area contributed by atoms with Gasteiger partial charge in [-0.1, -0.05) is 24.3 Å². The zero-order chi connectivity index (χ0) is 29.5. The average molecular weight is 568 g/mol. The number of carbonyl (C=O) groups is 2. The summed E-state index contributed by atoms with van der Waals surface area (Å²) in [4.78, 5) is 32.7. The molecule has 0 atom stereocenters. The predicted molar refractivity (Wildman–Crippen MR) is 162 cm³/mol. The van der Waals surface area contributed by atoms with E-state index in [9.17, 15) is 14.0 Å². The number of piperidine rings is 1. The molecule has 3 amide bonds. The Balaban J connectivity index is 1.40. The second kappa shape index (κ2) is 13.3. The molecule has 1 aromatic heterocycles. The number of carbonyl (C=O) groups excluding carboxylic acids is 2. The summed E-state index contributed by atoms with van der Waals surface area (Å²) in [5.41, 5.74) is 10.3. The van der Waals surface area contributed by atoms with Crippen molar-refractivity contribution in [2.24, 2.45) is 11.7 Å². The Bertz CT molecular complexity index is 1540. The highest BCUT2D eigenvalue weighted by molar-refractivity contribution is 6.05. The van der Waals surface area contributed by atoms with Crippen LogP contribution < -0.4 is 21.1 Å². The van der Waals surface area contributed by atoms with Crippen LogP contribution in [0.3, 0.4) is 0 Å². The van der Waals surface area contributed by atoms with Gasteiger partial charge >= 0.3 is 6.03 Å². The summed E-state index contributed by atoms with van der Waals surface area (Å²) in [6.45, 7) is 2.05. The van der Waals surface area contributed by atoms with E-state index in [2.05, 4.69) is 20.5 Å². The molecule has 0 unspecified atom stereocenters. The minimum absolute atomic E-state index is 0.228. The van der Waals surface area contributed by atoms with Gasteiger partial charge in [0, 0.05) is 41.2 Å². The van der Waals surface area contributed by atoms with Crippen molar-refractivity contribution in [2.45, 2.75) is 25.8 Å². The monoisotopic (exact) mass is 567 g/mol. The number of nitrogens with two attached hydrogens (primary N) is 1. The molecule has 3 aromatic carbocycles. The lowest BCUT2D eigenvalue weighted by Gasteiger charge is -2.33. The van der Waals surface area contributed by atoms with Crippen molar-refractivity contribution >= 4 is 23.3 Å². The van der Waals surface area contributed by atoms with Crippen molar-refractivity contribution in [3.63, 3.8) is 0 Å². The van der Waals surface area contributed by atoms with Gasteiger partial charge in [-0.2, -0.15) is 0 Å². The number of hydrogen-bond donors (Lipinski definition) is 3. The molecular formula is C33H34FN5O3. The van der Waals surface area contributed by atoms with Gasteiger partial charge < -0.3 is 21.1 Å². The van der Waals surface area contributed by atoms with Gasteiger partial charge in [-0.25, -0.2) is 9.18 Å². The maximum absolute atomic E-state index is 13.3. The van der Waals surface area contributed by atoms with E-state index in [1.165, 1.54) is 12.1 Å². The summed E-state index contributed by atoms with van der Waals surface area (Å²) in [5.74, 6) is 0.294. The van der Waals surface area contributed by atoms with Crippen LogP contribution in [0.2, 0.25) is 0 Å². The number of primary amides is 1. The summed E-state index contributed by atoms with van der Waals surface area (Å²) in [5, 5.41) is 5.85. The van der Waals surface area contributed by atoms with Crippen molar-refractivity contribution in [3.05, 3.63) is 108 Å². The van der Waals surface area contributed by atoms with Crippen LogP contribution in [0.15, 0.2) is 85.1 Å². The second-order valence-corrected chi connectivity index (χ2v) is 10.5. The van der Waals surface area contributed by atoms with Gasteiger partial charge in [-0.3, -0.25) is 14.7 Å². The molecule has 1 saturated heterocycles. The standard InChI is InChI=1S/C33H34FN5O3/c1-42-26-6-4-5-25(20-26)37-33(41)38-31-28(30-7-2-3-16-36-30)13-12-27(32(35)40)29(31)21-39-17-14-23(15-18-39)19-22-8-10-24(34)11-9-22/h2-13,16,20,23H,14-15,17-19,21H2,1H3,(H2,35,40)(H2,37,38,41). The van der Waals surface area contributed by atoms with E-state index < -0.39 is 11.9 Å². The Labute approximate surface area is 244 Å². The number of nitrogens with one attached hydrogen (secondary N) is 2. The molecule has 1 aliphatic rings. The predicted octanol–water partition coefficient (Wildman–Crippen LogP) is 6.09. The molecule has 0 aliphatic carbocycles. The first-order valence-corrected chi connectivity index (χ1v) is 14.0. The number of rotatable bonds is 9. The molecule has 42 heavy (non-hydrogen) atoms. The van der Waals surface area contributed by atoms with Crippen molar-refractivity contribution in [2.75, 3.05) is 30.8 Å². The first kappa shape index (κ1) is 28.8. The third-order valence-corrected chi connectivity index (χ3v) is 7.61. The molecule has 9 heteroatoms. The Hall–Kier alpha value is -4.76. The quantitative estimate of drug-likeness (QED) is 0.227. The molecule has 2 heterocycles. The number of hydrogen-bond acceptors (Lipinski definition) is 5. The number of aromatic nitrogens is 1. The van der Waals surface area contributed by atoms with Gasteiger partial charge in [0.25, 0.3) is 0 Å². The number of urea groups is 1. The number of pyridine rings is 1. The minimum atomic E-state index is -0.569. The van der Waals surface area contributed by atoms with E-state index in [4.69, 9.17) is 10.5 Å². The summed E-state index contributed by atoms with van der Waals surface area (Å²) in [6, 6.07) is 22.3. The van der Waals surface area contributed by atoms with E-state index in [0.717, 1.165) is 37.9 Å². The Kier molecular flexibility index (Phi) is 9.08. The molecule has 1 fully saturated rings. The van der Waals surface area contributed by atoms with E-state index in [-0.39, 0.29) is 5.82 Å². The molecular weight excluding hydrogens is 533 g/mol. The number of amides is 3. The van der Waals surface area contributed by atoms with Crippen LogP contribution in [0.25, 0.3) is 11.3 Å². The van der Waals surface area contributed by atoms with Crippen LogP contribution in [0.5, 0.6) is 5.75 Å². The SMILES string of the molecule is COc1cccc(NC(=O)Nc2c(-c3ccccn3)ccc(C(N)=O)c2CN2CCC(Cc3ccc(F)cc3)CC2)c1. The average Bonchev–Trinajstić information content (AvgIpc) is 3.00. The Morgan fingerprint density at radius 3 is 2.48 bits per heavy atom. The number of ether oxygens (including phenoxy) is 1. The number of nitrogens with zero attached hydrogens (tertiary/aromatic N) is 2. The minimum Gasteiger partial charge on any atom is -0.497 e. The lowest BCUT2D eigenvalue weighted by atomic mass is 9.89. The van der Waals surface area contributed by atoms with Crippen LogP contribution in [0.4, 0.5) is 20.6 Å².